The molecule has 0 rings (SSSR count). The molecule has 83 valence electrons. The molecule has 0 saturated heterocycles. The van der Waals surface area contributed by atoms with Crippen LogP contribution >= 0.6 is 0 Å². The predicted octanol–water partition coefficient (Wildman–Crippen LogP) is 0.531. The fraction of sp³-hybridized carbons (Fsp3) is 0.889. The summed E-state index contributed by atoms with van der Waals surface area (Å²) >= 11 is 0. The number of hydrogen-bond donors (Lipinski definition) is 2. The summed E-state index contributed by atoms with van der Waals surface area (Å²) in [6, 6.07) is 0. The number of nitrogens with one attached hydrogen (secondary N) is 2. The van der Waals surface area contributed by atoms with Crippen LogP contribution in [0.3, 0.4) is 0 Å². The molecule has 2 N–H and O–H groups in total. The Morgan fingerprint density at radius 2 is 2.21 bits per heavy atom. The lowest BCUT2D eigenvalue weighted by atomic mass is 10.2. The lowest BCUT2D eigenvalue weighted by Gasteiger charge is -2.16. The maximum Gasteiger partial charge on any atom is 0.407 e. The Labute approximate surface area is 84.8 Å². The highest BCUT2D eigenvalue weighted by atomic mass is 16.6. The van der Waals surface area contributed by atoms with E-state index in [-0.39, 0.29) is 12.7 Å². The fourth-order valence-electron chi connectivity index (χ4n) is 0.982. The van der Waals surface area contributed by atoms with Crippen molar-refractivity contribution in [2.24, 2.45) is 0 Å². The smallest absolute Gasteiger partial charge is 0.407 e. The molecule has 1 unspecified atom stereocenters. The van der Waals surface area contributed by atoms with Crippen molar-refractivity contribution in [3.8, 4) is 0 Å². The van der Waals surface area contributed by atoms with Crippen LogP contribution in [-0.2, 0) is 9.84 Å². The Balaban J connectivity index is 3.71. The van der Waals surface area contributed by atoms with Crippen LogP contribution in [0.15, 0.2) is 0 Å². The van der Waals surface area contributed by atoms with E-state index in [0.717, 1.165) is 6.42 Å². The second kappa shape index (κ2) is 8.77. The number of amides is 1. The molecule has 5 nitrogen and oxygen atoms in total. The summed E-state index contributed by atoms with van der Waals surface area (Å²) in [5.41, 5.74) is 0. The van der Waals surface area contributed by atoms with Crippen molar-refractivity contribution in [3.05, 3.63) is 0 Å². The molecular formula is C9H19N2O3. The van der Waals surface area contributed by atoms with Crippen molar-refractivity contribution in [1.29, 1.82) is 0 Å². The van der Waals surface area contributed by atoms with Gasteiger partial charge in [-0.15, -0.1) is 0 Å². The van der Waals surface area contributed by atoms with E-state index in [4.69, 9.17) is 4.74 Å². The van der Waals surface area contributed by atoms with Crippen molar-refractivity contribution in [2.75, 3.05) is 26.7 Å². The van der Waals surface area contributed by atoms with Gasteiger partial charge in [-0.1, -0.05) is 6.92 Å². The minimum atomic E-state index is -0.444. The van der Waals surface area contributed by atoms with Crippen molar-refractivity contribution in [3.63, 3.8) is 0 Å². The van der Waals surface area contributed by atoms with Gasteiger partial charge < -0.3 is 15.4 Å². The third-order valence-corrected chi connectivity index (χ3v) is 1.66. The molecule has 0 aliphatic rings. The van der Waals surface area contributed by atoms with Crippen LogP contribution < -0.4 is 10.6 Å². The first-order chi connectivity index (χ1) is 6.74. The van der Waals surface area contributed by atoms with Gasteiger partial charge in [0, 0.05) is 19.5 Å². The summed E-state index contributed by atoms with van der Waals surface area (Å²) in [5.74, 6) is 0. The Morgan fingerprint density at radius 3 is 2.71 bits per heavy atom. The number of ether oxygens (including phenoxy) is 1. The molecule has 1 atom stereocenters. The second-order valence-corrected chi connectivity index (χ2v) is 3.00. The predicted molar refractivity (Wildman–Crippen MR) is 52.7 cm³/mol. The molecule has 1 radical (unpaired) electrons. The molecule has 0 aromatic carbocycles. The zero-order chi connectivity index (χ0) is 10.8. The molecule has 1 amide bonds. The van der Waals surface area contributed by atoms with Gasteiger partial charge in [0.1, 0.15) is 6.10 Å². The Bertz CT molecular complexity index is 147. The van der Waals surface area contributed by atoms with Gasteiger partial charge in [0.2, 0.25) is 0 Å². The van der Waals surface area contributed by atoms with E-state index in [1.165, 1.54) is 0 Å². The number of carbonyl (C=O) groups excluding carboxylic acids is 1. The monoisotopic (exact) mass is 203 g/mol. The van der Waals surface area contributed by atoms with Crippen molar-refractivity contribution >= 4 is 6.09 Å². The maximum absolute atomic E-state index is 11.1. The van der Waals surface area contributed by atoms with Gasteiger partial charge in [-0.25, -0.2) is 9.90 Å². The van der Waals surface area contributed by atoms with E-state index in [0.29, 0.717) is 19.5 Å². The van der Waals surface area contributed by atoms with E-state index >= 15 is 0 Å². The van der Waals surface area contributed by atoms with Crippen LogP contribution in [0, 0.1) is 0 Å². The van der Waals surface area contributed by atoms with Gasteiger partial charge in [-0.2, -0.15) is 0 Å². The molecule has 0 aromatic rings. The molecule has 0 bridgehead atoms. The highest BCUT2D eigenvalue weighted by molar-refractivity contribution is 5.67. The Morgan fingerprint density at radius 1 is 1.50 bits per heavy atom. The molecule has 5 heteroatoms. The third-order valence-electron chi connectivity index (χ3n) is 1.66. The quantitative estimate of drug-likeness (QED) is 0.634. The highest BCUT2D eigenvalue weighted by Crippen LogP contribution is 1.97. The van der Waals surface area contributed by atoms with Crippen molar-refractivity contribution < 1.29 is 14.6 Å². The Hall–Kier alpha value is -0.810. The van der Waals surface area contributed by atoms with E-state index in [1.807, 2.05) is 6.92 Å². The largest absolute Gasteiger partial charge is 0.445 e. The molecular weight excluding hydrogens is 184 g/mol. The van der Waals surface area contributed by atoms with Crippen LogP contribution in [0.25, 0.3) is 0 Å². The SMILES string of the molecule is CCCNC(=O)OC(CC[O])CNC. The lowest BCUT2D eigenvalue weighted by Crippen LogP contribution is -2.34. The zero-order valence-electron chi connectivity index (χ0n) is 8.84. The first-order valence-corrected chi connectivity index (χ1v) is 4.91. The number of rotatable bonds is 7. The number of likely N-dealkylation sites (N-methyl/N-ethyl adjacent to an activating group) is 1. The van der Waals surface area contributed by atoms with Crippen LogP contribution in [0.5, 0.6) is 0 Å². The van der Waals surface area contributed by atoms with E-state index in [9.17, 15) is 9.90 Å². The highest BCUT2D eigenvalue weighted by Gasteiger charge is 2.12. The summed E-state index contributed by atoms with van der Waals surface area (Å²) in [5, 5.41) is 15.8. The van der Waals surface area contributed by atoms with Gasteiger partial charge >= 0.3 is 6.09 Å². The first kappa shape index (κ1) is 13.2. The minimum absolute atomic E-state index is 0.229. The number of hydrogen-bond acceptors (Lipinski definition) is 3. The Kier molecular flexibility index (Phi) is 8.27. The van der Waals surface area contributed by atoms with Crippen molar-refractivity contribution in [1.82, 2.24) is 10.6 Å². The molecule has 0 spiro atoms. The van der Waals surface area contributed by atoms with Gasteiger partial charge in [-0.3, -0.25) is 0 Å². The van der Waals surface area contributed by atoms with Gasteiger partial charge in [0.05, 0.1) is 6.61 Å². The number of alkyl carbamates (subject to hydrolysis) is 1. The standard InChI is InChI=1S/C9H19N2O3/c1-3-5-11-9(13)14-8(4-6-12)7-10-2/h8,10H,3-7H2,1-2H3,(H,11,13). The molecule has 0 fully saturated rings. The molecule has 0 saturated carbocycles. The zero-order valence-corrected chi connectivity index (χ0v) is 8.84. The first-order valence-electron chi connectivity index (χ1n) is 4.91. The van der Waals surface area contributed by atoms with E-state index < -0.39 is 6.09 Å². The average molecular weight is 203 g/mol. The van der Waals surface area contributed by atoms with Crippen molar-refractivity contribution in [2.45, 2.75) is 25.9 Å². The normalized spacial score (nSPS) is 12.2. The summed E-state index contributed by atoms with van der Waals surface area (Å²) in [4.78, 5) is 11.1. The number of carbonyl (C=O) groups is 1. The van der Waals surface area contributed by atoms with Crippen LogP contribution in [0.4, 0.5) is 4.79 Å². The molecule has 0 aliphatic heterocycles. The lowest BCUT2D eigenvalue weighted by molar-refractivity contribution is 0.0693. The summed E-state index contributed by atoms with van der Waals surface area (Å²) in [6.45, 7) is 2.85. The molecule has 0 heterocycles. The molecule has 0 aliphatic carbocycles. The minimum Gasteiger partial charge on any atom is -0.445 e. The topological polar surface area (TPSA) is 70.3 Å². The maximum atomic E-state index is 11.1. The summed E-state index contributed by atoms with van der Waals surface area (Å²) in [6.07, 6.45) is 0.447. The summed E-state index contributed by atoms with van der Waals surface area (Å²) in [7, 11) is 1.76. The van der Waals surface area contributed by atoms with Crippen LogP contribution in [0.2, 0.25) is 0 Å². The van der Waals surface area contributed by atoms with E-state index in [2.05, 4.69) is 10.6 Å². The van der Waals surface area contributed by atoms with E-state index in [1.54, 1.807) is 7.05 Å². The summed E-state index contributed by atoms with van der Waals surface area (Å²) < 4.78 is 5.02. The third kappa shape index (κ3) is 6.68. The second-order valence-electron chi connectivity index (χ2n) is 3.00. The van der Waals surface area contributed by atoms with Crippen LogP contribution in [-0.4, -0.2) is 38.9 Å². The fourth-order valence-corrected chi connectivity index (χ4v) is 0.982. The van der Waals surface area contributed by atoms with Gasteiger partial charge in [-0.05, 0) is 13.5 Å². The molecule has 14 heavy (non-hydrogen) atoms. The van der Waals surface area contributed by atoms with Gasteiger partial charge in [0.15, 0.2) is 0 Å². The van der Waals surface area contributed by atoms with Crippen LogP contribution in [0.1, 0.15) is 19.8 Å². The average Bonchev–Trinajstić information content (AvgIpc) is 2.15. The van der Waals surface area contributed by atoms with Gasteiger partial charge in [0.25, 0.3) is 0 Å². The molecule has 0 aromatic heterocycles.